The van der Waals surface area contributed by atoms with Gasteiger partial charge in [0.05, 0.1) is 6.10 Å². The maximum Gasteiger partial charge on any atom is 1.00 e. The molecule has 0 aromatic carbocycles. The molecule has 0 fully saturated rings. The van der Waals surface area contributed by atoms with E-state index in [1.165, 1.54) is 70.6 Å². The molecular formula is C20H41K2O5P. The van der Waals surface area contributed by atoms with Crippen molar-refractivity contribution in [3.05, 3.63) is 0 Å². The van der Waals surface area contributed by atoms with Crippen LogP contribution >= 0.6 is 7.82 Å². The van der Waals surface area contributed by atoms with Gasteiger partial charge in [0.2, 0.25) is 0 Å². The number of rotatable bonds is 19. The van der Waals surface area contributed by atoms with Gasteiger partial charge in [-0.1, -0.05) is 111 Å². The van der Waals surface area contributed by atoms with Gasteiger partial charge in [0, 0.05) is 0 Å². The first-order valence-electron chi connectivity index (χ1n) is 10.8. The van der Waals surface area contributed by atoms with Crippen molar-refractivity contribution in [1.29, 1.82) is 0 Å². The molecule has 2 unspecified atom stereocenters. The summed E-state index contributed by atoms with van der Waals surface area (Å²) >= 11 is 0. The van der Waals surface area contributed by atoms with Crippen molar-refractivity contribution in [3.63, 3.8) is 0 Å². The van der Waals surface area contributed by atoms with Gasteiger partial charge in [-0.15, -0.1) is 0 Å². The van der Waals surface area contributed by atoms with E-state index in [-0.39, 0.29) is 115 Å². The van der Waals surface area contributed by atoms with Gasteiger partial charge in [-0.2, -0.15) is 0 Å². The largest absolute Gasteiger partial charge is 1.00 e. The fraction of sp³-hybridized carbons (Fsp3) is 1.00. The summed E-state index contributed by atoms with van der Waals surface area (Å²) in [6.45, 7) is 6.25. The molecule has 0 saturated carbocycles. The zero-order valence-corrected chi connectivity index (χ0v) is 26.4. The van der Waals surface area contributed by atoms with E-state index in [1.54, 1.807) is 0 Å². The third kappa shape index (κ3) is 25.6. The molecule has 158 valence electrons. The van der Waals surface area contributed by atoms with E-state index in [4.69, 9.17) is 4.89 Å². The molecule has 28 heavy (non-hydrogen) atoms. The van der Waals surface area contributed by atoms with E-state index in [0.29, 0.717) is 0 Å². The Bertz CT molecular complexity index is 355. The molecular weight excluding hydrogens is 429 g/mol. The van der Waals surface area contributed by atoms with Crippen molar-refractivity contribution in [2.45, 2.75) is 123 Å². The first-order chi connectivity index (χ1) is 12.4. The smallest absolute Gasteiger partial charge is 0.788 e. The van der Waals surface area contributed by atoms with Crippen LogP contribution in [-0.4, -0.2) is 6.10 Å². The zero-order valence-electron chi connectivity index (χ0n) is 19.2. The van der Waals surface area contributed by atoms with Crippen molar-refractivity contribution in [3.8, 4) is 0 Å². The average Bonchev–Trinajstić information content (AvgIpc) is 2.60. The second-order valence-electron chi connectivity index (χ2n) is 7.57. The molecule has 0 rings (SSSR count). The van der Waals surface area contributed by atoms with Crippen LogP contribution in [-0.2, 0) is 14.1 Å². The van der Waals surface area contributed by atoms with Gasteiger partial charge >= 0.3 is 103 Å². The van der Waals surface area contributed by atoms with Crippen LogP contribution in [0.15, 0.2) is 0 Å². The molecule has 0 N–H and O–H groups in total. The van der Waals surface area contributed by atoms with Gasteiger partial charge in [-0.25, -0.2) is 9.56 Å². The van der Waals surface area contributed by atoms with Gasteiger partial charge < -0.3 is 14.4 Å². The molecule has 0 aliphatic heterocycles. The van der Waals surface area contributed by atoms with Crippen LogP contribution < -0.4 is 113 Å². The minimum absolute atomic E-state index is 0. The molecule has 0 heterocycles. The summed E-state index contributed by atoms with van der Waals surface area (Å²) in [6.07, 6.45) is 18.0. The van der Waals surface area contributed by atoms with Crippen molar-refractivity contribution in [2.24, 2.45) is 5.92 Å². The normalized spacial score (nSPS) is 13.5. The number of unbranched alkanes of at least 4 members (excludes halogenated alkanes) is 12. The molecule has 0 aliphatic carbocycles. The van der Waals surface area contributed by atoms with Crippen LogP contribution in [0.4, 0.5) is 0 Å². The number of hydrogen-bond acceptors (Lipinski definition) is 5. The van der Waals surface area contributed by atoms with E-state index < -0.39 is 7.82 Å². The minimum atomic E-state index is -5.06. The van der Waals surface area contributed by atoms with Gasteiger partial charge in [-0.05, 0) is 12.3 Å². The molecule has 0 bridgehead atoms. The first kappa shape index (κ1) is 35.9. The van der Waals surface area contributed by atoms with Crippen molar-refractivity contribution < 1.29 is 127 Å². The molecule has 0 amide bonds. The SMILES string of the molecule is CCCCCCCCCCCCCCCC(OOP(=O)([O-])[O-])C(C)CC.[K+].[K+]. The predicted octanol–water partition coefficient (Wildman–Crippen LogP) is -0.333. The molecule has 0 aromatic rings. The average molecular weight is 471 g/mol. The molecule has 0 spiro atoms. The van der Waals surface area contributed by atoms with E-state index in [1.807, 2.05) is 13.8 Å². The Morgan fingerprint density at radius 1 is 0.750 bits per heavy atom. The molecule has 0 aliphatic rings. The van der Waals surface area contributed by atoms with Crippen LogP contribution in [0, 0.1) is 5.92 Å². The maximum atomic E-state index is 10.6. The molecule has 5 nitrogen and oxygen atoms in total. The van der Waals surface area contributed by atoms with Crippen LogP contribution in [0.2, 0.25) is 0 Å². The molecule has 0 radical (unpaired) electrons. The summed E-state index contributed by atoms with van der Waals surface area (Å²) in [5.74, 6) is 0.166. The quantitative estimate of drug-likeness (QED) is 0.0849. The van der Waals surface area contributed by atoms with Gasteiger partial charge in [0.25, 0.3) is 0 Å². The van der Waals surface area contributed by atoms with E-state index in [2.05, 4.69) is 11.6 Å². The van der Waals surface area contributed by atoms with Crippen LogP contribution in [0.5, 0.6) is 0 Å². The monoisotopic (exact) mass is 470 g/mol. The summed E-state index contributed by atoms with van der Waals surface area (Å²) in [5, 5.41) is 0. The molecule has 2 atom stereocenters. The topological polar surface area (TPSA) is 81.7 Å². The third-order valence-electron chi connectivity index (χ3n) is 5.13. The molecule has 8 heteroatoms. The van der Waals surface area contributed by atoms with Crippen LogP contribution in [0.25, 0.3) is 0 Å². The standard InChI is InChI=1S/C20H43O5P.2K/c1-4-6-7-8-9-10-11-12-13-14-15-16-17-18-20(19(3)5-2)24-25-26(21,22)23;;/h19-20H,4-18H2,1-3H3,(H2,21,22,23);;/q;2*+1/p-2. The minimum Gasteiger partial charge on any atom is -0.788 e. The van der Waals surface area contributed by atoms with Gasteiger partial charge in [-0.3, -0.25) is 0 Å². The third-order valence-corrected chi connectivity index (χ3v) is 5.40. The molecule has 0 aromatic heterocycles. The van der Waals surface area contributed by atoms with Crippen LogP contribution in [0.3, 0.4) is 0 Å². The van der Waals surface area contributed by atoms with Crippen molar-refractivity contribution in [2.75, 3.05) is 0 Å². The van der Waals surface area contributed by atoms with Crippen LogP contribution in [0.1, 0.15) is 117 Å². The summed E-state index contributed by atoms with van der Waals surface area (Å²) in [5.41, 5.74) is 0. The number of hydrogen-bond donors (Lipinski definition) is 0. The summed E-state index contributed by atoms with van der Waals surface area (Å²) in [6, 6.07) is 0. The fourth-order valence-corrected chi connectivity index (χ4v) is 3.38. The number of phosphoric acid groups is 1. The van der Waals surface area contributed by atoms with E-state index >= 15 is 0 Å². The van der Waals surface area contributed by atoms with Gasteiger partial charge in [0.15, 0.2) is 0 Å². The summed E-state index contributed by atoms with van der Waals surface area (Å²) in [4.78, 5) is 26.0. The Morgan fingerprint density at radius 3 is 1.50 bits per heavy atom. The van der Waals surface area contributed by atoms with E-state index in [0.717, 1.165) is 25.7 Å². The summed E-state index contributed by atoms with van der Waals surface area (Å²) in [7, 11) is -5.06. The first-order valence-corrected chi connectivity index (χ1v) is 12.2. The van der Waals surface area contributed by atoms with Crippen molar-refractivity contribution >= 4 is 7.82 Å². The Morgan fingerprint density at radius 2 is 1.14 bits per heavy atom. The maximum absolute atomic E-state index is 10.6. The second kappa shape index (κ2) is 25.0. The van der Waals surface area contributed by atoms with Crippen molar-refractivity contribution in [1.82, 2.24) is 0 Å². The fourth-order valence-electron chi connectivity index (χ4n) is 3.16. The summed E-state index contributed by atoms with van der Waals surface area (Å²) < 4.78 is 14.6. The Balaban J connectivity index is -0.00000312. The second-order valence-corrected chi connectivity index (χ2v) is 8.62. The Kier molecular flexibility index (Phi) is 32.0. The van der Waals surface area contributed by atoms with Gasteiger partial charge in [0.1, 0.15) is 7.82 Å². The Labute approximate surface area is 259 Å². The predicted molar refractivity (Wildman–Crippen MR) is 103 cm³/mol. The molecule has 0 saturated heterocycles. The van der Waals surface area contributed by atoms with E-state index in [9.17, 15) is 14.4 Å². The Hall–Kier alpha value is 3.34. The zero-order chi connectivity index (χ0) is 19.7.